The molecule has 7 heteroatoms. The van der Waals surface area contributed by atoms with E-state index >= 15 is 0 Å². The van der Waals surface area contributed by atoms with Gasteiger partial charge in [-0.1, -0.05) is 5.16 Å². The van der Waals surface area contributed by atoms with Gasteiger partial charge in [0.2, 0.25) is 11.1 Å². The molecule has 18 heavy (non-hydrogen) atoms. The Balaban J connectivity index is 0.00000162. The number of aromatic nitrogens is 1. The van der Waals surface area contributed by atoms with Crippen molar-refractivity contribution < 1.29 is 9.32 Å². The van der Waals surface area contributed by atoms with Crippen molar-refractivity contribution >= 4 is 29.9 Å². The molecule has 1 atom stereocenters. The van der Waals surface area contributed by atoms with E-state index in [0.717, 1.165) is 30.8 Å². The number of hydrogen-bond donors (Lipinski definition) is 2. The van der Waals surface area contributed by atoms with Gasteiger partial charge < -0.3 is 15.2 Å². The summed E-state index contributed by atoms with van der Waals surface area (Å²) in [5, 5.41) is 10.2. The van der Waals surface area contributed by atoms with Crippen LogP contribution in [0.5, 0.6) is 0 Å². The summed E-state index contributed by atoms with van der Waals surface area (Å²) in [6.45, 7) is 3.66. The van der Waals surface area contributed by atoms with Crippen molar-refractivity contribution in [3.63, 3.8) is 0 Å². The summed E-state index contributed by atoms with van der Waals surface area (Å²) in [7, 11) is 0. The summed E-state index contributed by atoms with van der Waals surface area (Å²) in [5.74, 6) is 0.0513. The van der Waals surface area contributed by atoms with Crippen molar-refractivity contribution in [2.24, 2.45) is 0 Å². The number of rotatable bonds is 4. The zero-order valence-electron chi connectivity index (χ0n) is 10.2. The molecule has 0 aromatic carbocycles. The zero-order valence-corrected chi connectivity index (χ0v) is 11.7. The molecule has 1 unspecified atom stereocenters. The highest BCUT2D eigenvalue weighted by atomic mass is 35.5. The van der Waals surface area contributed by atoms with Crippen LogP contribution in [-0.4, -0.2) is 30.2 Å². The minimum absolute atomic E-state index is 0. The van der Waals surface area contributed by atoms with E-state index in [1.165, 1.54) is 0 Å². The van der Waals surface area contributed by atoms with Gasteiger partial charge in [0.15, 0.2) is 0 Å². The fourth-order valence-electron chi connectivity index (χ4n) is 1.96. The van der Waals surface area contributed by atoms with E-state index in [-0.39, 0.29) is 29.6 Å². The van der Waals surface area contributed by atoms with E-state index in [0.29, 0.717) is 12.8 Å². The number of aryl methyl sites for hydroxylation is 1. The highest BCUT2D eigenvalue weighted by Gasteiger charge is 2.17. The molecule has 0 saturated carbocycles. The van der Waals surface area contributed by atoms with E-state index in [9.17, 15) is 4.79 Å². The number of halogens is 2. The Kier molecular flexibility index (Phi) is 5.91. The molecule has 2 N–H and O–H groups in total. The van der Waals surface area contributed by atoms with Gasteiger partial charge in [-0.05, 0) is 37.9 Å². The van der Waals surface area contributed by atoms with Crippen molar-refractivity contribution in [2.45, 2.75) is 32.2 Å². The molecule has 1 amide bonds. The lowest BCUT2D eigenvalue weighted by Crippen LogP contribution is -2.36. The number of carbonyl (C=O) groups excluding carboxylic acids is 1. The number of amides is 1. The molecule has 0 aliphatic carbocycles. The largest absolute Gasteiger partial charge is 0.352 e. The predicted molar refractivity (Wildman–Crippen MR) is 71.2 cm³/mol. The van der Waals surface area contributed by atoms with Crippen LogP contribution < -0.4 is 10.6 Å². The van der Waals surface area contributed by atoms with E-state index in [1.54, 1.807) is 0 Å². The second-order valence-electron chi connectivity index (χ2n) is 4.28. The summed E-state index contributed by atoms with van der Waals surface area (Å²) in [6, 6.07) is 0.265. The summed E-state index contributed by atoms with van der Waals surface area (Å²) < 4.78 is 4.83. The molecule has 2 heterocycles. The molecule has 1 aliphatic rings. The molecule has 1 aromatic heterocycles. The lowest BCUT2D eigenvalue weighted by Gasteiger charge is -2.10. The maximum Gasteiger partial charge on any atom is 0.229 e. The number of nitrogens with zero attached hydrogens (tertiary/aromatic N) is 1. The van der Waals surface area contributed by atoms with Crippen LogP contribution in [0.15, 0.2) is 4.52 Å². The first-order chi connectivity index (χ1) is 8.16. The third-order valence-electron chi connectivity index (χ3n) is 2.96. The van der Waals surface area contributed by atoms with Crippen LogP contribution in [0.1, 0.15) is 24.1 Å². The SMILES string of the molecule is Cc1noc(Cl)c1CCC(=O)NC1CCNC1.Cl. The average Bonchev–Trinajstić information content (AvgIpc) is 2.88. The smallest absolute Gasteiger partial charge is 0.229 e. The Labute approximate surface area is 117 Å². The summed E-state index contributed by atoms with van der Waals surface area (Å²) >= 11 is 5.83. The van der Waals surface area contributed by atoms with Crippen LogP contribution in [0.2, 0.25) is 5.22 Å². The van der Waals surface area contributed by atoms with Crippen LogP contribution in [0.25, 0.3) is 0 Å². The van der Waals surface area contributed by atoms with Gasteiger partial charge in [0.05, 0.1) is 5.69 Å². The molecular weight excluding hydrogens is 277 g/mol. The third kappa shape index (κ3) is 3.86. The van der Waals surface area contributed by atoms with Crippen molar-refractivity contribution in [1.29, 1.82) is 0 Å². The fourth-order valence-corrected chi connectivity index (χ4v) is 2.22. The molecule has 0 spiro atoms. The highest BCUT2D eigenvalue weighted by molar-refractivity contribution is 6.29. The number of nitrogens with one attached hydrogen (secondary N) is 2. The lowest BCUT2D eigenvalue weighted by atomic mass is 10.1. The molecule has 0 radical (unpaired) electrons. The van der Waals surface area contributed by atoms with Gasteiger partial charge in [0, 0.05) is 24.6 Å². The van der Waals surface area contributed by atoms with Crippen molar-refractivity contribution in [3.05, 3.63) is 16.5 Å². The van der Waals surface area contributed by atoms with E-state index in [1.807, 2.05) is 6.92 Å². The molecule has 102 valence electrons. The van der Waals surface area contributed by atoms with Crippen molar-refractivity contribution in [3.8, 4) is 0 Å². The average molecular weight is 294 g/mol. The zero-order chi connectivity index (χ0) is 12.3. The molecule has 1 aliphatic heterocycles. The molecule has 5 nitrogen and oxygen atoms in total. The van der Waals surface area contributed by atoms with E-state index in [4.69, 9.17) is 16.1 Å². The maximum absolute atomic E-state index is 11.7. The molecule has 2 rings (SSSR count). The molecule has 0 bridgehead atoms. The van der Waals surface area contributed by atoms with Gasteiger partial charge in [0.25, 0.3) is 0 Å². The Hall–Kier alpha value is -0.780. The Morgan fingerprint density at radius 3 is 3.00 bits per heavy atom. The summed E-state index contributed by atoms with van der Waals surface area (Å²) in [5.41, 5.74) is 1.58. The van der Waals surface area contributed by atoms with Crippen LogP contribution in [0, 0.1) is 6.92 Å². The second-order valence-corrected chi connectivity index (χ2v) is 4.62. The van der Waals surface area contributed by atoms with E-state index < -0.39 is 0 Å². The summed E-state index contributed by atoms with van der Waals surface area (Å²) in [4.78, 5) is 11.7. The molecular formula is C11H17Cl2N3O2. The van der Waals surface area contributed by atoms with Crippen LogP contribution >= 0.6 is 24.0 Å². The van der Waals surface area contributed by atoms with Crippen LogP contribution in [0.3, 0.4) is 0 Å². The Morgan fingerprint density at radius 1 is 1.67 bits per heavy atom. The molecule has 1 fully saturated rings. The van der Waals surface area contributed by atoms with Crippen molar-refractivity contribution in [1.82, 2.24) is 15.8 Å². The first-order valence-electron chi connectivity index (χ1n) is 5.77. The van der Waals surface area contributed by atoms with Gasteiger partial charge in [0.1, 0.15) is 0 Å². The van der Waals surface area contributed by atoms with Gasteiger partial charge in [-0.15, -0.1) is 12.4 Å². The number of hydrogen-bond acceptors (Lipinski definition) is 4. The second kappa shape index (κ2) is 6.97. The van der Waals surface area contributed by atoms with Gasteiger partial charge in [-0.2, -0.15) is 0 Å². The normalized spacial score (nSPS) is 18.4. The van der Waals surface area contributed by atoms with Gasteiger partial charge >= 0.3 is 0 Å². The topological polar surface area (TPSA) is 67.2 Å². The highest BCUT2D eigenvalue weighted by Crippen LogP contribution is 2.20. The fraction of sp³-hybridized carbons (Fsp3) is 0.636. The first kappa shape index (κ1) is 15.3. The summed E-state index contributed by atoms with van der Waals surface area (Å²) in [6.07, 6.45) is 1.98. The third-order valence-corrected chi connectivity index (χ3v) is 3.26. The standard InChI is InChI=1S/C11H16ClN3O2.ClH/c1-7-9(11(12)17-15-7)2-3-10(16)14-8-4-5-13-6-8;/h8,13H,2-6H2,1H3,(H,14,16);1H. The quantitative estimate of drug-likeness (QED) is 0.882. The van der Waals surface area contributed by atoms with E-state index in [2.05, 4.69) is 15.8 Å². The first-order valence-corrected chi connectivity index (χ1v) is 6.15. The molecule has 1 aromatic rings. The minimum atomic E-state index is 0. The van der Waals surface area contributed by atoms with Crippen LogP contribution in [-0.2, 0) is 11.2 Å². The van der Waals surface area contributed by atoms with Gasteiger partial charge in [-0.25, -0.2) is 0 Å². The molecule has 1 saturated heterocycles. The van der Waals surface area contributed by atoms with Crippen molar-refractivity contribution in [2.75, 3.05) is 13.1 Å². The van der Waals surface area contributed by atoms with Crippen LogP contribution in [0.4, 0.5) is 0 Å². The Morgan fingerprint density at radius 2 is 2.44 bits per heavy atom. The minimum Gasteiger partial charge on any atom is -0.352 e. The Bertz CT molecular complexity index is 383. The maximum atomic E-state index is 11.7. The monoisotopic (exact) mass is 293 g/mol. The number of carbonyl (C=O) groups is 1. The predicted octanol–water partition coefficient (Wildman–Crippen LogP) is 1.47. The lowest BCUT2D eigenvalue weighted by molar-refractivity contribution is -0.121. The van der Waals surface area contributed by atoms with Gasteiger partial charge in [-0.3, -0.25) is 4.79 Å².